The van der Waals surface area contributed by atoms with Crippen LogP contribution in [-0.4, -0.2) is 31.5 Å². The third-order valence-electron chi connectivity index (χ3n) is 1.65. The van der Waals surface area contributed by atoms with Crippen LogP contribution in [0, 0.1) is 6.92 Å². The van der Waals surface area contributed by atoms with Gasteiger partial charge in [0.05, 0.1) is 12.3 Å². The summed E-state index contributed by atoms with van der Waals surface area (Å²) >= 11 is 0. The lowest BCUT2D eigenvalue weighted by molar-refractivity contribution is 0.296. The van der Waals surface area contributed by atoms with Crippen LogP contribution in [0.5, 0.6) is 0 Å². The number of H-pyrrole nitrogens is 1. The first-order valence-corrected chi connectivity index (χ1v) is 3.82. The average molecular weight is 166 g/mol. The zero-order valence-corrected chi connectivity index (χ0v) is 6.78. The summed E-state index contributed by atoms with van der Waals surface area (Å²) in [6.45, 7) is 2.02. The summed E-state index contributed by atoms with van der Waals surface area (Å²) in [7, 11) is 0. The maximum absolute atomic E-state index is 8.65. The van der Waals surface area contributed by atoms with Gasteiger partial charge in [-0.15, -0.1) is 0 Å². The minimum atomic E-state index is 0.107. The number of aliphatic hydroxyl groups is 1. The summed E-state index contributed by atoms with van der Waals surface area (Å²) in [5.74, 6) is 0.764. The van der Waals surface area contributed by atoms with E-state index in [1.54, 1.807) is 4.63 Å². The van der Waals surface area contributed by atoms with E-state index < -0.39 is 0 Å². The Hall–Kier alpha value is -1.36. The van der Waals surface area contributed by atoms with E-state index in [4.69, 9.17) is 5.11 Å². The second kappa shape index (κ2) is 2.60. The number of nitrogens with zero attached hydrogens (tertiary/aromatic N) is 3. The third kappa shape index (κ3) is 1.08. The van der Waals surface area contributed by atoms with E-state index in [2.05, 4.69) is 15.2 Å². The first kappa shape index (κ1) is 7.30. The molecule has 2 heterocycles. The molecule has 0 aliphatic heterocycles. The van der Waals surface area contributed by atoms with Crippen LogP contribution in [0.15, 0.2) is 6.07 Å². The van der Waals surface area contributed by atoms with E-state index in [9.17, 15) is 0 Å². The highest BCUT2D eigenvalue weighted by atomic mass is 16.3. The molecule has 0 aliphatic rings. The highest BCUT2D eigenvalue weighted by Gasteiger charge is 2.03. The van der Waals surface area contributed by atoms with Crippen LogP contribution >= 0.6 is 0 Å². The number of aromatic nitrogens is 4. The Morgan fingerprint density at radius 2 is 2.50 bits per heavy atom. The van der Waals surface area contributed by atoms with E-state index in [-0.39, 0.29) is 6.61 Å². The summed E-state index contributed by atoms with van der Waals surface area (Å²) in [6.07, 6.45) is 0.544. The van der Waals surface area contributed by atoms with Crippen molar-refractivity contribution in [2.24, 2.45) is 0 Å². The molecule has 64 valence electrons. The highest BCUT2D eigenvalue weighted by Crippen LogP contribution is 2.02. The van der Waals surface area contributed by atoms with Crippen molar-refractivity contribution in [3.63, 3.8) is 0 Å². The summed E-state index contributed by atoms with van der Waals surface area (Å²) in [6, 6.07) is 1.89. The van der Waals surface area contributed by atoms with Crippen molar-refractivity contribution >= 4 is 5.65 Å². The molecule has 2 rings (SSSR count). The SMILES string of the molecule is Cc1cc2nc(CCO)[nH]n2n1. The van der Waals surface area contributed by atoms with Crippen molar-refractivity contribution in [1.82, 2.24) is 19.8 Å². The molecule has 0 aromatic carbocycles. The van der Waals surface area contributed by atoms with Crippen molar-refractivity contribution in [2.75, 3.05) is 6.61 Å². The standard InChI is InChI=1S/C7H10N4O/c1-5-4-7-8-6(2-3-12)10-11(7)9-5/h4,12H,2-3H2,1H3,(H,8,10). The molecule has 0 radical (unpaired) electrons. The molecular weight excluding hydrogens is 156 g/mol. The van der Waals surface area contributed by atoms with Crippen LogP contribution in [0.1, 0.15) is 11.5 Å². The smallest absolute Gasteiger partial charge is 0.175 e. The van der Waals surface area contributed by atoms with E-state index in [0.29, 0.717) is 6.42 Å². The first-order valence-electron chi connectivity index (χ1n) is 3.82. The molecule has 0 atom stereocenters. The third-order valence-corrected chi connectivity index (χ3v) is 1.65. The lowest BCUT2D eigenvalue weighted by Crippen LogP contribution is -1.95. The minimum absolute atomic E-state index is 0.107. The van der Waals surface area contributed by atoms with Gasteiger partial charge in [0, 0.05) is 12.5 Å². The molecule has 2 N–H and O–H groups in total. The highest BCUT2D eigenvalue weighted by molar-refractivity contribution is 5.37. The number of aryl methyl sites for hydroxylation is 1. The molecule has 0 spiro atoms. The number of hydrogen-bond acceptors (Lipinski definition) is 3. The molecule has 0 bridgehead atoms. The fourth-order valence-corrected chi connectivity index (χ4v) is 1.15. The Morgan fingerprint density at radius 1 is 1.67 bits per heavy atom. The lowest BCUT2D eigenvalue weighted by atomic mass is 10.4. The summed E-state index contributed by atoms with van der Waals surface area (Å²) in [5.41, 5.74) is 1.74. The predicted octanol–water partition coefficient (Wildman–Crippen LogP) is -0.0994. The monoisotopic (exact) mass is 166 g/mol. The van der Waals surface area contributed by atoms with Gasteiger partial charge < -0.3 is 5.11 Å². The Kier molecular flexibility index (Phi) is 1.58. The van der Waals surface area contributed by atoms with Crippen molar-refractivity contribution in [2.45, 2.75) is 13.3 Å². The largest absolute Gasteiger partial charge is 0.396 e. The molecule has 0 saturated heterocycles. The zero-order chi connectivity index (χ0) is 8.55. The maximum Gasteiger partial charge on any atom is 0.175 e. The summed E-state index contributed by atoms with van der Waals surface area (Å²) < 4.78 is 1.61. The van der Waals surface area contributed by atoms with Gasteiger partial charge in [0.1, 0.15) is 5.82 Å². The van der Waals surface area contributed by atoms with Crippen molar-refractivity contribution in [3.8, 4) is 0 Å². The Bertz CT molecular complexity index is 357. The van der Waals surface area contributed by atoms with Gasteiger partial charge in [-0.05, 0) is 6.92 Å². The summed E-state index contributed by atoms with van der Waals surface area (Å²) in [4.78, 5) is 4.21. The molecule has 5 heteroatoms. The van der Waals surface area contributed by atoms with E-state index in [1.807, 2.05) is 13.0 Å². The molecule has 2 aromatic heterocycles. The van der Waals surface area contributed by atoms with Gasteiger partial charge in [-0.3, -0.25) is 5.10 Å². The van der Waals surface area contributed by atoms with Crippen molar-refractivity contribution < 1.29 is 5.11 Å². The molecule has 0 saturated carbocycles. The van der Waals surface area contributed by atoms with Gasteiger partial charge in [-0.2, -0.15) is 9.73 Å². The zero-order valence-electron chi connectivity index (χ0n) is 6.78. The van der Waals surface area contributed by atoms with Crippen LogP contribution in [0.3, 0.4) is 0 Å². The summed E-state index contributed by atoms with van der Waals surface area (Å²) in [5, 5.41) is 15.7. The number of rotatable bonds is 2. The van der Waals surface area contributed by atoms with Gasteiger partial charge >= 0.3 is 0 Å². The fourth-order valence-electron chi connectivity index (χ4n) is 1.15. The van der Waals surface area contributed by atoms with Gasteiger partial charge in [0.2, 0.25) is 0 Å². The minimum Gasteiger partial charge on any atom is -0.396 e. The number of fused-ring (bicyclic) bond motifs is 1. The van der Waals surface area contributed by atoms with Crippen LogP contribution in [0.4, 0.5) is 0 Å². The van der Waals surface area contributed by atoms with E-state index >= 15 is 0 Å². The molecule has 0 fully saturated rings. The molecule has 2 aromatic rings. The maximum atomic E-state index is 8.65. The quantitative estimate of drug-likeness (QED) is 0.654. The Balaban J connectivity index is 2.43. The van der Waals surface area contributed by atoms with Gasteiger partial charge in [-0.1, -0.05) is 0 Å². The Labute approximate surface area is 69.0 Å². The van der Waals surface area contributed by atoms with E-state index in [0.717, 1.165) is 17.2 Å². The predicted molar refractivity (Wildman–Crippen MR) is 42.9 cm³/mol. The number of aromatic amines is 1. The van der Waals surface area contributed by atoms with Crippen molar-refractivity contribution in [1.29, 1.82) is 0 Å². The van der Waals surface area contributed by atoms with Crippen molar-refractivity contribution in [3.05, 3.63) is 17.6 Å². The number of nitrogens with one attached hydrogen (secondary N) is 1. The fraction of sp³-hybridized carbons (Fsp3) is 0.429. The average Bonchev–Trinajstić information content (AvgIpc) is 2.44. The normalized spacial score (nSPS) is 11.2. The lowest BCUT2D eigenvalue weighted by Gasteiger charge is -1.87. The molecular formula is C7H10N4O. The van der Waals surface area contributed by atoms with Crippen LogP contribution < -0.4 is 0 Å². The van der Waals surface area contributed by atoms with Gasteiger partial charge in [-0.25, -0.2) is 4.98 Å². The molecule has 12 heavy (non-hydrogen) atoms. The van der Waals surface area contributed by atoms with Crippen LogP contribution in [0.2, 0.25) is 0 Å². The second-order valence-electron chi connectivity index (χ2n) is 2.70. The molecule has 0 aliphatic carbocycles. The second-order valence-corrected chi connectivity index (χ2v) is 2.70. The Morgan fingerprint density at radius 3 is 3.17 bits per heavy atom. The first-order chi connectivity index (χ1) is 5.79. The van der Waals surface area contributed by atoms with E-state index in [1.165, 1.54) is 0 Å². The van der Waals surface area contributed by atoms with Gasteiger partial charge in [0.25, 0.3) is 0 Å². The van der Waals surface area contributed by atoms with Crippen LogP contribution in [0.25, 0.3) is 5.65 Å². The number of hydrogen-bond donors (Lipinski definition) is 2. The topological polar surface area (TPSA) is 66.2 Å². The molecule has 0 amide bonds. The van der Waals surface area contributed by atoms with Gasteiger partial charge in [0.15, 0.2) is 5.65 Å². The van der Waals surface area contributed by atoms with Crippen LogP contribution in [-0.2, 0) is 6.42 Å². The molecule has 0 unspecified atom stereocenters. The molecule has 5 nitrogen and oxygen atoms in total. The number of aliphatic hydroxyl groups excluding tert-OH is 1.